The van der Waals surface area contributed by atoms with Crippen LogP contribution < -0.4 is 4.74 Å². The molecule has 166 valence electrons. The standard InChI is InChI=1S/C28H31NO3/c1-3-29(24-12-8-5-9-13-24)27(30)18-22-17-23(28(31)20-10-6-4-7-11-20)16-21-14-15-25(32-2)19-26(21)22/h4,6-7,10-11,14-17,19,24H,3,5,8-9,12-13,18H2,1-2H3. The van der Waals surface area contributed by atoms with Crippen molar-refractivity contribution in [1.82, 2.24) is 4.90 Å². The highest BCUT2D eigenvalue weighted by Crippen LogP contribution is 2.29. The molecule has 3 aromatic carbocycles. The number of benzene rings is 3. The molecule has 0 heterocycles. The zero-order chi connectivity index (χ0) is 22.5. The molecule has 1 amide bonds. The first kappa shape index (κ1) is 22.1. The third kappa shape index (κ3) is 4.69. The topological polar surface area (TPSA) is 46.6 Å². The number of hydrogen-bond acceptors (Lipinski definition) is 3. The molecule has 1 aliphatic rings. The third-order valence-electron chi connectivity index (χ3n) is 6.56. The van der Waals surface area contributed by atoms with Gasteiger partial charge in [0.05, 0.1) is 13.5 Å². The maximum absolute atomic E-state index is 13.4. The number of carbonyl (C=O) groups excluding carboxylic acids is 2. The van der Waals surface area contributed by atoms with E-state index in [-0.39, 0.29) is 18.1 Å². The van der Waals surface area contributed by atoms with Crippen LogP contribution in [0.15, 0.2) is 60.7 Å². The molecule has 1 aliphatic carbocycles. The summed E-state index contributed by atoms with van der Waals surface area (Å²) in [7, 11) is 1.64. The van der Waals surface area contributed by atoms with Gasteiger partial charge in [0.15, 0.2) is 5.78 Å². The molecule has 4 nitrogen and oxygen atoms in total. The second-order valence-corrected chi connectivity index (χ2v) is 8.57. The van der Waals surface area contributed by atoms with E-state index in [2.05, 4.69) is 6.92 Å². The van der Waals surface area contributed by atoms with Crippen LogP contribution in [0.3, 0.4) is 0 Å². The lowest BCUT2D eigenvalue weighted by Crippen LogP contribution is -2.42. The Morgan fingerprint density at radius 1 is 0.938 bits per heavy atom. The number of rotatable bonds is 7. The summed E-state index contributed by atoms with van der Waals surface area (Å²) in [5, 5.41) is 1.90. The van der Waals surface area contributed by atoms with Crippen molar-refractivity contribution in [2.75, 3.05) is 13.7 Å². The van der Waals surface area contributed by atoms with E-state index in [1.807, 2.05) is 65.6 Å². The van der Waals surface area contributed by atoms with E-state index in [9.17, 15) is 9.59 Å². The summed E-state index contributed by atoms with van der Waals surface area (Å²) < 4.78 is 5.43. The number of ether oxygens (including phenoxy) is 1. The Kier molecular flexibility index (Phi) is 6.89. The summed E-state index contributed by atoms with van der Waals surface area (Å²) in [5.74, 6) is 0.845. The SMILES string of the molecule is CCN(C(=O)Cc1cc(C(=O)c2ccccc2)cc2ccc(OC)cc12)C1CCCCC1. The van der Waals surface area contributed by atoms with Crippen LogP contribution >= 0.6 is 0 Å². The number of amides is 1. The first-order valence-corrected chi connectivity index (χ1v) is 11.6. The van der Waals surface area contributed by atoms with Crippen LogP contribution in [0, 0.1) is 0 Å². The number of ketones is 1. The molecule has 0 aliphatic heterocycles. The number of fused-ring (bicyclic) bond motifs is 1. The summed E-state index contributed by atoms with van der Waals surface area (Å²) >= 11 is 0. The van der Waals surface area contributed by atoms with Gasteiger partial charge in [-0.05, 0) is 60.4 Å². The van der Waals surface area contributed by atoms with Gasteiger partial charge in [-0.1, -0.05) is 55.7 Å². The summed E-state index contributed by atoms with van der Waals surface area (Å²) in [6.07, 6.45) is 6.09. The molecule has 0 atom stereocenters. The number of nitrogens with zero attached hydrogens (tertiary/aromatic N) is 1. The van der Waals surface area contributed by atoms with Gasteiger partial charge in [-0.15, -0.1) is 0 Å². The van der Waals surface area contributed by atoms with Crippen molar-refractivity contribution in [1.29, 1.82) is 0 Å². The van der Waals surface area contributed by atoms with Crippen LogP contribution in [-0.4, -0.2) is 36.3 Å². The normalized spacial score (nSPS) is 14.3. The van der Waals surface area contributed by atoms with Crippen LogP contribution in [0.25, 0.3) is 10.8 Å². The molecule has 0 unspecified atom stereocenters. The fourth-order valence-electron chi connectivity index (χ4n) is 4.87. The third-order valence-corrected chi connectivity index (χ3v) is 6.56. The molecule has 1 fully saturated rings. The van der Waals surface area contributed by atoms with Gasteiger partial charge < -0.3 is 9.64 Å². The number of methoxy groups -OCH3 is 1. The molecule has 0 saturated heterocycles. The molecule has 0 radical (unpaired) electrons. The second-order valence-electron chi connectivity index (χ2n) is 8.57. The minimum Gasteiger partial charge on any atom is -0.497 e. The smallest absolute Gasteiger partial charge is 0.227 e. The van der Waals surface area contributed by atoms with Gasteiger partial charge in [-0.3, -0.25) is 9.59 Å². The van der Waals surface area contributed by atoms with Crippen molar-refractivity contribution >= 4 is 22.5 Å². The highest BCUT2D eigenvalue weighted by Gasteiger charge is 2.25. The summed E-state index contributed by atoms with van der Waals surface area (Å²) in [6.45, 7) is 2.77. The van der Waals surface area contributed by atoms with Crippen molar-refractivity contribution in [2.24, 2.45) is 0 Å². The lowest BCUT2D eigenvalue weighted by atomic mass is 9.92. The molecule has 0 N–H and O–H groups in total. The molecule has 3 aromatic rings. The van der Waals surface area contributed by atoms with Gasteiger partial charge in [0.25, 0.3) is 0 Å². The molecular formula is C28H31NO3. The molecule has 1 saturated carbocycles. The average Bonchev–Trinajstić information content (AvgIpc) is 2.85. The summed E-state index contributed by atoms with van der Waals surface area (Å²) in [4.78, 5) is 28.6. The molecule has 4 heteroatoms. The molecule has 0 spiro atoms. The van der Waals surface area contributed by atoms with Gasteiger partial charge in [0.1, 0.15) is 5.75 Å². The van der Waals surface area contributed by atoms with Gasteiger partial charge in [-0.2, -0.15) is 0 Å². The number of hydrogen-bond donors (Lipinski definition) is 0. The Labute approximate surface area is 190 Å². The monoisotopic (exact) mass is 429 g/mol. The van der Waals surface area contributed by atoms with Crippen LogP contribution in [-0.2, 0) is 11.2 Å². The first-order chi connectivity index (χ1) is 15.6. The van der Waals surface area contributed by atoms with Crippen molar-refractivity contribution in [3.05, 3.63) is 77.4 Å². The van der Waals surface area contributed by atoms with E-state index in [1.165, 1.54) is 19.3 Å². The Hall–Kier alpha value is -3.14. The van der Waals surface area contributed by atoms with E-state index >= 15 is 0 Å². The quantitative estimate of drug-likeness (QED) is 0.446. The molecule has 32 heavy (non-hydrogen) atoms. The minimum atomic E-state index is -0.0309. The number of carbonyl (C=O) groups is 2. The highest BCUT2D eigenvalue weighted by molar-refractivity contribution is 6.11. The Bertz CT molecular complexity index is 1100. The maximum Gasteiger partial charge on any atom is 0.227 e. The van der Waals surface area contributed by atoms with Crippen LogP contribution in [0.4, 0.5) is 0 Å². The fraction of sp³-hybridized carbons (Fsp3) is 0.357. The summed E-state index contributed by atoms with van der Waals surface area (Å²) in [6, 6.07) is 19.2. The zero-order valence-corrected chi connectivity index (χ0v) is 19.0. The fourth-order valence-corrected chi connectivity index (χ4v) is 4.87. The lowest BCUT2D eigenvalue weighted by molar-refractivity contribution is -0.133. The Morgan fingerprint density at radius 3 is 2.38 bits per heavy atom. The first-order valence-electron chi connectivity index (χ1n) is 11.6. The van der Waals surface area contributed by atoms with E-state index in [1.54, 1.807) is 7.11 Å². The number of likely N-dealkylation sites (N-methyl/N-ethyl adjacent to an activating group) is 1. The van der Waals surface area contributed by atoms with E-state index in [4.69, 9.17) is 4.74 Å². The van der Waals surface area contributed by atoms with Crippen molar-refractivity contribution in [3.8, 4) is 5.75 Å². The van der Waals surface area contributed by atoms with Crippen molar-refractivity contribution in [2.45, 2.75) is 51.5 Å². The van der Waals surface area contributed by atoms with Gasteiger partial charge in [0.2, 0.25) is 5.91 Å². The van der Waals surface area contributed by atoms with Crippen LogP contribution in [0.5, 0.6) is 5.75 Å². The largest absolute Gasteiger partial charge is 0.497 e. The Morgan fingerprint density at radius 2 is 1.69 bits per heavy atom. The molecule has 4 rings (SSSR count). The van der Waals surface area contributed by atoms with Gasteiger partial charge >= 0.3 is 0 Å². The lowest BCUT2D eigenvalue weighted by Gasteiger charge is -2.33. The van der Waals surface area contributed by atoms with Crippen LogP contribution in [0.2, 0.25) is 0 Å². The minimum absolute atomic E-state index is 0.0309. The maximum atomic E-state index is 13.4. The molecular weight excluding hydrogens is 398 g/mol. The van der Waals surface area contributed by atoms with Crippen molar-refractivity contribution < 1.29 is 14.3 Å². The second kappa shape index (κ2) is 9.99. The van der Waals surface area contributed by atoms with E-state index in [0.29, 0.717) is 23.7 Å². The predicted octanol–water partition coefficient (Wildman–Crippen LogP) is 5.80. The van der Waals surface area contributed by atoms with E-state index < -0.39 is 0 Å². The Balaban J connectivity index is 1.72. The van der Waals surface area contributed by atoms with Gasteiger partial charge in [0, 0.05) is 23.7 Å². The molecule has 0 aromatic heterocycles. The predicted molar refractivity (Wildman–Crippen MR) is 128 cm³/mol. The highest BCUT2D eigenvalue weighted by atomic mass is 16.5. The zero-order valence-electron chi connectivity index (χ0n) is 19.0. The van der Waals surface area contributed by atoms with Crippen LogP contribution in [0.1, 0.15) is 60.5 Å². The van der Waals surface area contributed by atoms with Crippen molar-refractivity contribution in [3.63, 3.8) is 0 Å². The average molecular weight is 430 g/mol. The summed E-state index contributed by atoms with van der Waals surface area (Å²) in [5.41, 5.74) is 2.13. The van der Waals surface area contributed by atoms with Gasteiger partial charge in [-0.25, -0.2) is 0 Å². The molecule has 0 bridgehead atoms. The van der Waals surface area contributed by atoms with E-state index in [0.717, 1.165) is 34.9 Å².